The molecule has 0 spiro atoms. The van der Waals surface area contributed by atoms with Gasteiger partial charge < -0.3 is 10.2 Å². The Balaban J connectivity index is 2.63. The number of hydrogen-bond acceptors (Lipinski definition) is 2. The summed E-state index contributed by atoms with van der Waals surface area (Å²) >= 11 is 0. The first-order valence-electron chi connectivity index (χ1n) is 6.47. The first kappa shape index (κ1) is 12.8. The second-order valence-corrected chi connectivity index (χ2v) is 6.25. The molecule has 2 aliphatic carbocycles. The molecule has 2 heteroatoms. The summed E-state index contributed by atoms with van der Waals surface area (Å²) in [4.78, 5) is 0. The summed E-state index contributed by atoms with van der Waals surface area (Å²) < 4.78 is 0. The standard InChI is InChI=1S/C15H24O2/c1-6-11-7-13(17)14(4)8-12(16)10(3)15(14,5)9(11)2/h6,10,12-13,16-17H,1,7-8H2,2-5H3. The Kier molecular flexibility index (Phi) is 2.79. The zero-order valence-corrected chi connectivity index (χ0v) is 11.3. The molecule has 0 aromatic carbocycles. The molecule has 2 nitrogen and oxygen atoms in total. The molecule has 0 saturated heterocycles. The maximum Gasteiger partial charge on any atom is 0.0643 e. The van der Waals surface area contributed by atoms with Gasteiger partial charge in [0.05, 0.1) is 12.2 Å². The summed E-state index contributed by atoms with van der Waals surface area (Å²) in [6, 6.07) is 0. The minimum atomic E-state index is -0.385. The van der Waals surface area contributed by atoms with Crippen LogP contribution < -0.4 is 0 Å². The Labute approximate surface area is 104 Å². The first-order chi connectivity index (χ1) is 7.79. The monoisotopic (exact) mass is 236 g/mol. The van der Waals surface area contributed by atoms with Gasteiger partial charge in [-0.2, -0.15) is 0 Å². The fourth-order valence-corrected chi connectivity index (χ4v) is 4.14. The molecule has 96 valence electrons. The summed E-state index contributed by atoms with van der Waals surface area (Å²) in [5, 5.41) is 20.7. The van der Waals surface area contributed by atoms with E-state index in [0.717, 1.165) is 5.57 Å². The van der Waals surface area contributed by atoms with E-state index >= 15 is 0 Å². The normalized spacial score (nSPS) is 50.4. The van der Waals surface area contributed by atoms with Gasteiger partial charge in [-0.25, -0.2) is 0 Å². The van der Waals surface area contributed by atoms with Crippen molar-refractivity contribution in [3.63, 3.8) is 0 Å². The van der Waals surface area contributed by atoms with Crippen molar-refractivity contribution in [3.05, 3.63) is 23.8 Å². The van der Waals surface area contributed by atoms with Gasteiger partial charge in [0.15, 0.2) is 0 Å². The molecule has 2 aliphatic rings. The predicted molar refractivity (Wildman–Crippen MR) is 69.5 cm³/mol. The summed E-state index contributed by atoms with van der Waals surface area (Å²) in [7, 11) is 0. The van der Waals surface area contributed by atoms with Crippen molar-refractivity contribution in [2.45, 2.75) is 52.7 Å². The minimum Gasteiger partial charge on any atom is -0.393 e. The largest absolute Gasteiger partial charge is 0.393 e. The van der Waals surface area contributed by atoms with Gasteiger partial charge in [-0.15, -0.1) is 0 Å². The second-order valence-electron chi connectivity index (χ2n) is 6.25. The minimum absolute atomic E-state index is 0.131. The molecule has 17 heavy (non-hydrogen) atoms. The Morgan fingerprint density at radius 3 is 2.47 bits per heavy atom. The summed E-state index contributed by atoms with van der Waals surface area (Å²) in [5.41, 5.74) is 2.10. The number of allylic oxidation sites excluding steroid dienone is 2. The fourth-order valence-electron chi connectivity index (χ4n) is 4.14. The van der Waals surface area contributed by atoms with Gasteiger partial charge in [-0.3, -0.25) is 0 Å². The molecule has 2 N–H and O–H groups in total. The van der Waals surface area contributed by atoms with Crippen LogP contribution in [0.4, 0.5) is 0 Å². The van der Waals surface area contributed by atoms with Crippen molar-refractivity contribution in [2.75, 3.05) is 0 Å². The first-order valence-corrected chi connectivity index (χ1v) is 6.47. The van der Waals surface area contributed by atoms with E-state index in [1.54, 1.807) is 0 Å². The second kappa shape index (κ2) is 3.69. The van der Waals surface area contributed by atoms with E-state index < -0.39 is 0 Å². The molecule has 0 aromatic heterocycles. The van der Waals surface area contributed by atoms with Gasteiger partial charge in [-0.1, -0.05) is 39.0 Å². The highest BCUT2D eigenvalue weighted by atomic mass is 16.3. The quantitative estimate of drug-likeness (QED) is 0.735. The van der Waals surface area contributed by atoms with Gasteiger partial charge >= 0.3 is 0 Å². The van der Waals surface area contributed by atoms with E-state index in [9.17, 15) is 10.2 Å². The topological polar surface area (TPSA) is 40.5 Å². The molecule has 0 bridgehead atoms. The van der Waals surface area contributed by atoms with Crippen LogP contribution in [0.2, 0.25) is 0 Å². The third-order valence-electron chi connectivity index (χ3n) is 5.96. The van der Waals surface area contributed by atoms with E-state index in [0.29, 0.717) is 12.8 Å². The van der Waals surface area contributed by atoms with Crippen LogP contribution in [0.3, 0.4) is 0 Å². The maximum absolute atomic E-state index is 10.5. The lowest BCUT2D eigenvalue weighted by Gasteiger charge is -2.51. The van der Waals surface area contributed by atoms with Gasteiger partial charge in [-0.05, 0) is 31.3 Å². The van der Waals surface area contributed by atoms with Crippen molar-refractivity contribution in [1.82, 2.24) is 0 Å². The Hall–Kier alpha value is -0.600. The highest BCUT2D eigenvalue weighted by Crippen LogP contribution is 2.64. The van der Waals surface area contributed by atoms with Crippen molar-refractivity contribution >= 4 is 0 Å². The van der Waals surface area contributed by atoms with Crippen molar-refractivity contribution < 1.29 is 10.2 Å². The smallest absolute Gasteiger partial charge is 0.0643 e. The zero-order chi connectivity index (χ0) is 13.0. The van der Waals surface area contributed by atoms with Crippen LogP contribution in [0.25, 0.3) is 0 Å². The van der Waals surface area contributed by atoms with Crippen molar-refractivity contribution in [3.8, 4) is 0 Å². The molecular weight excluding hydrogens is 212 g/mol. The Bertz CT molecular complexity index is 384. The molecule has 1 saturated carbocycles. The van der Waals surface area contributed by atoms with Crippen LogP contribution >= 0.6 is 0 Å². The summed E-state index contributed by atoms with van der Waals surface area (Å²) in [6.07, 6.45) is 2.51. The number of aliphatic hydroxyl groups excluding tert-OH is 2. The molecular formula is C15H24O2. The Morgan fingerprint density at radius 1 is 1.35 bits per heavy atom. The fraction of sp³-hybridized carbons (Fsp3) is 0.733. The van der Waals surface area contributed by atoms with Crippen LogP contribution in [0.15, 0.2) is 23.8 Å². The van der Waals surface area contributed by atoms with Gasteiger partial charge in [0.2, 0.25) is 0 Å². The third kappa shape index (κ3) is 1.34. The molecule has 0 radical (unpaired) electrons. The lowest BCUT2D eigenvalue weighted by Crippen LogP contribution is -2.49. The van der Waals surface area contributed by atoms with E-state index in [1.165, 1.54) is 5.57 Å². The number of hydrogen-bond donors (Lipinski definition) is 2. The Morgan fingerprint density at radius 2 is 1.94 bits per heavy atom. The van der Waals surface area contributed by atoms with E-state index in [1.807, 2.05) is 6.08 Å². The molecule has 0 aliphatic heterocycles. The van der Waals surface area contributed by atoms with Crippen LogP contribution in [0.1, 0.15) is 40.5 Å². The van der Waals surface area contributed by atoms with Crippen LogP contribution in [-0.4, -0.2) is 22.4 Å². The molecule has 0 aromatic rings. The third-order valence-corrected chi connectivity index (χ3v) is 5.96. The molecule has 0 amide bonds. The SMILES string of the molecule is C=CC1=C(C)C2(C)C(C)C(O)CC2(C)C(O)C1. The summed E-state index contributed by atoms with van der Waals surface area (Å²) in [6.45, 7) is 12.4. The molecule has 5 atom stereocenters. The molecule has 5 unspecified atom stereocenters. The van der Waals surface area contributed by atoms with Gasteiger partial charge in [0.25, 0.3) is 0 Å². The lowest BCUT2D eigenvalue weighted by molar-refractivity contribution is -0.0410. The lowest BCUT2D eigenvalue weighted by atomic mass is 9.54. The van der Waals surface area contributed by atoms with Crippen molar-refractivity contribution in [2.24, 2.45) is 16.7 Å². The highest BCUT2D eigenvalue weighted by Gasteiger charge is 2.62. The maximum atomic E-state index is 10.5. The van der Waals surface area contributed by atoms with E-state index in [-0.39, 0.29) is 29.0 Å². The molecule has 2 rings (SSSR count). The number of aliphatic hydroxyl groups is 2. The van der Waals surface area contributed by atoms with Crippen LogP contribution in [0.5, 0.6) is 0 Å². The summed E-state index contributed by atoms with van der Waals surface area (Å²) in [5.74, 6) is 0.178. The average molecular weight is 236 g/mol. The molecule has 0 heterocycles. The highest BCUT2D eigenvalue weighted by molar-refractivity contribution is 5.37. The van der Waals surface area contributed by atoms with Crippen molar-refractivity contribution in [1.29, 1.82) is 0 Å². The van der Waals surface area contributed by atoms with E-state index in [2.05, 4.69) is 34.3 Å². The zero-order valence-electron chi connectivity index (χ0n) is 11.3. The number of fused-ring (bicyclic) bond motifs is 1. The van der Waals surface area contributed by atoms with Crippen LogP contribution in [-0.2, 0) is 0 Å². The van der Waals surface area contributed by atoms with Gasteiger partial charge in [0, 0.05) is 10.8 Å². The van der Waals surface area contributed by atoms with Crippen LogP contribution in [0, 0.1) is 16.7 Å². The number of rotatable bonds is 1. The predicted octanol–water partition coefficient (Wildman–Crippen LogP) is 2.67. The van der Waals surface area contributed by atoms with Gasteiger partial charge in [0.1, 0.15) is 0 Å². The molecule has 1 fully saturated rings. The average Bonchev–Trinajstić information content (AvgIpc) is 2.47. The van der Waals surface area contributed by atoms with E-state index in [4.69, 9.17) is 0 Å².